The number of hydrogen-bond acceptors (Lipinski definition) is 4. The van der Waals surface area contributed by atoms with Gasteiger partial charge in [-0.3, -0.25) is 4.79 Å². The fourth-order valence-electron chi connectivity index (χ4n) is 5.78. The molecule has 1 aromatic carbocycles. The molecule has 1 fully saturated rings. The maximum absolute atomic E-state index is 13.0. The van der Waals surface area contributed by atoms with Crippen molar-refractivity contribution in [1.29, 1.82) is 5.26 Å². The lowest BCUT2D eigenvalue weighted by Crippen LogP contribution is -2.66. The van der Waals surface area contributed by atoms with E-state index in [1.807, 2.05) is 0 Å². The molecule has 0 amide bonds. The van der Waals surface area contributed by atoms with E-state index in [2.05, 4.69) is 44.5 Å². The predicted octanol–water partition coefficient (Wildman–Crippen LogP) is 6.24. The maximum atomic E-state index is 13.0. The van der Waals surface area contributed by atoms with Crippen LogP contribution >= 0.6 is 23.2 Å². The van der Waals surface area contributed by atoms with E-state index < -0.39 is 0 Å². The zero-order valence-corrected chi connectivity index (χ0v) is 19.5. The standard InChI is InChI=1S/C25H24Cl2N2O2/c1-24(2)20(11-15-10-19-17(22(15)30)6-5-7-21(27)29-19)25(3,4)23(24)31-16-9-8-14(13-28)18(26)12-16/h6-9,12,15,20,23H,10-11H2,1-4H3/t15?,20-,23-. The molecule has 0 bridgehead atoms. The Hall–Kier alpha value is -2.31. The van der Waals surface area contributed by atoms with Crippen molar-refractivity contribution in [2.45, 2.75) is 46.6 Å². The Kier molecular flexibility index (Phi) is 5.42. The number of ether oxygens (including phenoxy) is 1. The number of carbonyl (C=O) groups is 1. The molecular weight excluding hydrogens is 431 g/mol. The van der Waals surface area contributed by atoms with Crippen LogP contribution in [0, 0.1) is 34.0 Å². The van der Waals surface area contributed by atoms with Crippen molar-refractivity contribution in [3.8, 4) is 11.8 Å². The highest BCUT2D eigenvalue weighted by atomic mass is 35.5. The normalized spacial score (nSPS) is 27.8. The quantitative estimate of drug-likeness (QED) is 0.505. The van der Waals surface area contributed by atoms with Crippen molar-refractivity contribution < 1.29 is 9.53 Å². The summed E-state index contributed by atoms with van der Waals surface area (Å²) in [6.07, 6.45) is 4.61. The Labute approximate surface area is 192 Å². The summed E-state index contributed by atoms with van der Waals surface area (Å²) >= 11 is 12.2. The van der Waals surface area contributed by atoms with Crippen molar-refractivity contribution in [2.75, 3.05) is 0 Å². The minimum Gasteiger partial charge on any atom is -0.489 e. The summed E-state index contributed by atoms with van der Waals surface area (Å²) in [6, 6.07) is 7.23. The number of rotatable bonds is 4. The SMILES string of the molecule is CC1(C)[C@H](CC2CC3=C(C=C=CC(Cl)=N3)C2=O)C(C)(C)[C@H]1Oc1ccc(C#N)c(Cl)c1. The summed E-state index contributed by atoms with van der Waals surface area (Å²) in [5, 5.41) is 9.83. The van der Waals surface area contributed by atoms with Crippen LogP contribution in [0.5, 0.6) is 5.75 Å². The van der Waals surface area contributed by atoms with Crippen LogP contribution in [-0.4, -0.2) is 17.1 Å². The van der Waals surface area contributed by atoms with Gasteiger partial charge in [0.1, 0.15) is 23.1 Å². The van der Waals surface area contributed by atoms with Crippen LogP contribution in [0.1, 0.15) is 46.1 Å². The Balaban J connectivity index is 1.50. The van der Waals surface area contributed by atoms with Crippen molar-refractivity contribution >= 4 is 34.2 Å². The summed E-state index contributed by atoms with van der Waals surface area (Å²) < 4.78 is 6.36. The number of ketones is 1. The monoisotopic (exact) mass is 454 g/mol. The van der Waals surface area contributed by atoms with E-state index in [0.717, 1.165) is 12.1 Å². The highest BCUT2D eigenvalue weighted by Crippen LogP contribution is 2.63. The number of hydrogen-bond donors (Lipinski definition) is 0. The maximum Gasteiger partial charge on any atom is 0.168 e. The smallest absolute Gasteiger partial charge is 0.168 e. The van der Waals surface area contributed by atoms with Gasteiger partial charge in [-0.25, -0.2) is 4.99 Å². The molecule has 160 valence electrons. The first-order valence-corrected chi connectivity index (χ1v) is 11.1. The van der Waals surface area contributed by atoms with E-state index in [0.29, 0.717) is 33.5 Å². The molecule has 1 heterocycles. The second-order valence-electron chi connectivity index (χ2n) is 9.70. The van der Waals surface area contributed by atoms with Gasteiger partial charge in [0.25, 0.3) is 0 Å². The number of aliphatic imine (C=N–C) groups is 1. The first-order chi connectivity index (χ1) is 14.6. The van der Waals surface area contributed by atoms with Crippen LogP contribution < -0.4 is 4.74 Å². The van der Waals surface area contributed by atoms with E-state index in [-0.39, 0.29) is 34.6 Å². The molecule has 0 saturated heterocycles. The van der Waals surface area contributed by atoms with Crippen molar-refractivity contribution in [3.05, 3.63) is 57.9 Å². The first-order valence-electron chi connectivity index (χ1n) is 10.4. The number of benzene rings is 1. The molecule has 6 heteroatoms. The van der Waals surface area contributed by atoms with E-state index >= 15 is 0 Å². The number of allylic oxidation sites excluding steroid dienone is 3. The average molecular weight is 455 g/mol. The van der Waals surface area contributed by atoms with Crippen LogP contribution in [0.4, 0.5) is 0 Å². The minimum atomic E-state index is -0.138. The lowest BCUT2D eigenvalue weighted by Gasteiger charge is -2.64. The molecular formula is C25H24Cl2N2O2. The molecule has 1 aromatic rings. The average Bonchev–Trinajstić information content (AvgIpc) is 2.86. The highest BCUT2D eigenvalue weighted by molar-refractivity contribution is 6.68. The van der Waals surface area contributed by atoms with Crippen molar-refractivity contribution in [2.24, 2.45) is 27.7 Å². The van der Waals surface area contributed by atoms with E-state index in [4.69, 9.17) is 33.2 Å². The zero-order valence-electron chi connectivity index (χ0n) is 18.0. The summed E-state index contributed by atoms with van der Waals surface area (Å²) in [4.78, 5) is 17.4. The number of Topliss-reactive ketones (excluding diaryl/α,β-unsaturated/α-hetero) is 1. The van der Waals surface area contributed by atoms with Crippen LogP contribution in [0.2, 0.25) is 5.02 Å². The molecule has 4 nitrogen and oxygen atoms in total. The Morgan fingerprint density at radius 1 is 1.23 bits per heavy atom. The third-order valence-electron chi connectivity index (χ3n) is 7.04. The van der Waals surface area contributed by atoms with Crippen LogP contribution in [0.3, 0.4) is 0 Å². The fraction of sp³-hybridized carbons (Fsp3) is 0.440. The Morgan fingerprint density at radius 2 is 1.94 bits per heavy atom. The van der Waals surface area contributed by atoms with Gasteiger partial charge in [0.15, 0.2) is 5.78 Å². The van der Waals surface area contributed by atoms with Gasteiger partial charge in [-0.05, 0) is 30.5 Å². The van der Waals surface area contributed by atoms with Crippen molar-refractivity contribution in [3.63, 3.8) is 0 Å². The lowest BCUT2D eigenvalue weighted by molar-refractivity contribution is -0.204. The van der Waals surface area contributed by atoms with E-state index in [1.165, 1.54) is 0 Å². The molecule has 1 saturated carbocycles. The number of nitriles is 1. The van der Waals surface area contributed by atoms with Gasteiger partial charge in [-0.15, -0.1) is 5.73 Å². The van der Waals surface area contributed by atoms with Gasteiger partial charge >= 0.3 is 0 Å². The number of carbonyl (C=O) groups excluding carboxylic acids is 1. The Bertz CT molecular complexity index is 1110. The molecule has 1 atom stereocenters. The van der Waals surface area contributed by atoms with Crippen molar-refractivity contribution in [1.82, 2.24) is 0 Å². The molecule has 0 N–H and O–H groups in total. The van der Waals surface area contributed by atoms with Gasteiger partial charge in [-0.1, -0.05) is 50.9 Å². The van der Waals surface area contributed by atoms with Gasteiger partial charge < -0.3 is 4.74 Å². The molecule has 4 rings (SSSR count). The summed E-state index contributed by atoms with van der Waals surface area (Å²) in [5.74, 6) is 0.958. The summed E-state index contributed by atoms with van der Waals surface area (Å²) in [6.45, 7) is 8.76. The molecule has 1 aliphatic heterocycles. The largest absolute Gasteiger partial charge is 0.489 e. The summed E-state index contributed by atoms with van der Waals surface area (Å²) in [5.41, 5.74) is 4.48. The zero-order chi connectivity index (χ0) is 22.6. The van der Waals surface area contributed by atoms with E-state index in [9.17, 15) is 4.79 Å². The number of halogens is 2. The lowest BCUT2D eigenvalue weighted by atomic mass is 9.44. The van der Waals surface area contributed by atoms with Crippen LogP contribution in [0.25, 0.3) is 0 Å². The minimum absolute atomic E-state index is 0.0495. The highest BCUT2D eigenvalue weighted by Gasteiger charge is 2.63. The molecule has 3 aliphatic rings. The fourth-order valence-corrected chi connectivity index (χ4v) is 6.16. The molecule has 0 aromatic heterocycles. The van der Waals surface area contributed by atoms with Crippen LogP contribution in [0.15, 0.2) is 52.3 Å². The first kappa shape index (κ1) is 21.9. The van der Waals surface area contributed by atoms with E-state index in [1.54, 1.807) is 30.4 Å². The van der Waals surface area contributed by atoms with Gasteiger partial charge in [0.05, 0.1) is 16.3 Å². The molecule has 0 radical (unpaired) electrons. The second kappa shape index (κ2) is 7.68. The van der Waals surface area contributed by atoms with Crippen LogP contribution in [-0.2, 0) is 4.79 Å². The molecule has 0 spiro atoms. The molecule has 1 unspecified atom stereocenters. The number of nitrogens with zero attached hydrogens (tertiary/aromatic N) is 2. The molecule has 2 aliphatic carbocycles. The Morgan fingerprint density at radius 3 is 2.58 bits per heavy atom. The third-order valence-corrected chi connectivity index (χ3v) is 7.55. The van der Waals surface area contributed by atoms with Gasteiger partial charge in [-0.2, -0.15) is 5.26 Å². The topological polar surface area (TPSA) is 62.4 Å². The third kappa shape index (κ3) is 3.66. The van der Waals surface area contributed by atoms with Gasteiger partial charge in [0.2, 0.25) is 0 Å². The summed E-state index contributed by atoms with van der Waals surface area (Å²) in [7, 11) is 0. The van der Waals surface area contributed by atoms with Gasteiger partial charge in [0, 0.05) is 40.9 Å². The predicted molar refractivity (Wildman–Crippen MR) is 122 cm³/mol. The second-order valence-corrected chi connectivity index (χ2v) is 10.5. The molecule has 31 heavy (non-hydrogen) atoms.